The molecule has 0 unspecified atom stereocenters. The van der Waals surface area contributed by atoms with Gasteiger partial charge >= 0.3 is 6.18 Å². The fourth-order valence-electron chi connectivity index (χ4n) is 2.68. The van der Waals surface area contributed by atoms with Gasteiger partial charge in [-0.05, 0) is 32.3 Å². The maximum absolute atomic E-state index is 12.9. The van der Waals surface area contributed by atoms with Crippen molar-refractivity contribution in [2.24, 2.45) is 0 Å². The number of carbonyl (C=O) groups is 1. The van der Waals surface area contributed by atoms with E-state index in [1.54, 1.807) is 10.9 Å². The Kier molecular flexibility index (Phi) is 5.27. The van der Waals surface area contributed by atoms with Crippen LogP contribution >= 0.6 is 11.6 Å². The fraction of sp³-hybridized carbons (Fsp3) is 0.562. The number of aromatic nitrogens is 4. The molecule has 0 aromatic carbocycles. The van der Waals surface area contributed by atoms with E-state index in [0.717, 1.165) is 18.9 Å². The quantitative estimate of drug-likeness (QED) is 0.737. The Morgan fingerprint density at radius 1 is 1.38 bits per heavy atom. The van der Waals surface area contributed by atoms with Gasteiger partial charge < -0.3 is 5.32 Å². The predicted molar refractivity (Wildman–Crippen MR) is 89.1 cm³/mol. The lowest BCUT2D eigenvalue weighted by Crippen LogP contribution is -2.26. The summed E-state index contributed by atoms with van der Waals surface area (Å²) in [7, 11) is 0. The fourth-order valence-corrected chi connectivity index (χ4v) is 2.92. The number of nitrogens with one attached hydrogen (secondary N) is 1. The summed E-state index contributed by atoms with van der Waals surface area (Å²) in [5.74, 6) is -0.244. The molecule has 1 N–H and O–H groups in total. The van der Waals surface area contributed by atoms with Gasteiger partial charge in [0.05, 0.1) is 5.02 Å². The highest BCUT2D eigenvalue weighted by molar-refractivity contribution is 6.33. The number of halogens is 4. The van der Waals surface area contributed by atoms with Gasteiger partial charge in [-0.15, -0.1) is 0 Å². The first-order valence-electron chi connectivity index (χ1n) is 8.45. The van der Waals surface area contributed by atoms with Crippen LogP contribution in [0.1, 0.15) is 54.0 Å². The number of nitrogens with zero attached hydrogens (tertiary/aromatic N) is 4. The molecule has 1 saturated carbocycles. The summed E-state index contributed by atoms with van der Waals surface area (Å²) in [6, 6.07) is 1.13. The van der Waals surface area contributed by atoms with Crippen molar-refractivity contribution in [1.29, 1.82) is 0 Å². The van der Waals surface area contributed by atoms with Crippen LogP contribution in [-0.4, -0.2) is 32.0 Å². The van der Waals surface area contributed by atoms with E-state index in [0.29, 0.717) is 31.7 Å². The standard InChI is InChI=1S/C16H19ClF3N5O/c1-2-24-9-11(17)14(23-24)15(26)21-6-3-7-25-12(10-4-5-10)8-13(22-25)16(18,19)20/h8-10H,2-7H2,1H3,(H,21,26). The Morgan fingerprint density at radius 2 is 2.12 bits per heavy atom. The topological polar surface area (TPSA) is 64.7 Å². The van der Waals surface area contributed by atoms with E-state index in [1.165, 1.54) is 4.68 Å². The number of carbonyl (C=O) groups excluding carboxylic acids is 1. The normalized spacial score (nSPS) is 14.7. The van der Waals surface area contributed by atoms with E-state index < -0.39 is 17.8 Å². The molecule has 10 heteroatoms. The summed E-state index contributed by atoms with van der Waals surface area (Å²) in [6.07, 6.45) is -0.647. The summed E-state index contributed by atoms with van der Waals surface area (Å²) in [6.45, 7) is 3.07. The Balaban J connectivity index is 1.55. The van der Waals surface area contributed by atoms with Crippen molar-refractivity contribution in [3.8, 4) is 0 Å². The first kappa shape index (κ1) is 18.8. The summed E-state index contributed by atoms with van der Waals surface area (Å²) in [5.41, 5.74) is -0.0978. The monoisotopic (exact) mass is 389 g/mol. The van der Waals surface area contributed by atoms with Gasteiger partial charge in [-0.3, -0.25) is 14.2 Å². The molecular formula is C16H19ClF3N5O. The zero-order valence-electron chi connectivity index (χ0n) is 14.2. The number of alkyl halides is 3. The molecule has 0 aliphatic heterocycles. The largest absolute Gasteiger partial charge is 0.435 e. The van der Waals surface area contributed by atoms with Crippen molar-refractivity contribution in [2.75, 3.05) is 6.54 Å². The lowest BCUT2D eigenvalue weighted by Gasteiger charge is -2.07. The van der Waals surface area contributed by atoms with Crippen molar-refractivity contribution < 1.29 is 18.0 Å². The molecule has 0 spiro atoms. The number of amides is 1. The van der Waals surface area contributed by atoms with Gasteiger partial charge in [-0.2, -0.15) is 23.4 Å². The van der Waals surface area contributed by atoms with Crippen LogP contribution in [0.5, 0.6) is 0 Å². The third-order valence-corrected chi connectivity index (χ3v) is 4.46. The van der Waals surface area contributed by atoms with Gasteiger partial charge in [0, 0.05) is 37.4 Å². The summed E-state index contributed by atoms with van der Waals surface area (Å²) < 4.78 is 41.6. The molecule has 2 aromatic rings. The van der Waals surface area contributed by atoms with Gasteiger partial charge in [0.25, 0.3) is 5.91 Å². The van der Waals surface area contributed by atoms with Crippen molar-refractivity contribution in [3.63, 3.8) is 0 Å². The van der Waals surface area contributed by atoms with Crippen LogP contribution in [0.2, 0.25) is 5.02 Å². The minimum Gasteiger partial charge on any atom is -0.351 e. The van der Waals surface area contributed by atoms with E-state index in [4.69, 9.17) is 11.6 Å². The van der Waals surface area contributed by atoms with Gasteiger partial charge in [-0.25, -0.2) is 0 Å². The van der Waals surface area contributed by atoms with Crippen LogP contribution in [0, 0.1) is 0 Å². The van der Waals surface area contributed by atoms with Crippen molar-refractivity contribution in [3.05, 3.63) is 34.4 Å². The van der Waals surface area contributed by atoms with Crippen LogP contribution in [-0.2, 0) is 19.3 Å². The highest BCUT2D eigenvalue weighted by atomic mass is 35.5. The molecule has 1 aliphatic rings. The van der Waals surface area contributed by atoms with Crippen LogP contribution < -0.4 is 5.32 Å². The van der Waals surface area contributed by atoms with Crippen LogP contribution in [0.25, 0.3) is 0 Å². The minimum atomic E-state index is -4.45. The smallest absolute Gasteiger partial charge is 0.351 e. The molecule has 3 rings (SSSR count). The molecule has 0 radical (unpaired) electrons. The Labute approximate surface area is 153 Å². The molecule has 1 aliphatic carbocycles. The molecule has 1 fully saturated rings. The summed E-state index contributed by atoms with van der Waals surface area (Å²) >= 11 is 5.97. The minimum absolute atomic E-state index is 0.144. The SMILES string of the molecule is CCn1cc(Cl)c(C(=O)NCCCn2nc(C(F)(F)F)cc2C2CC2)n1. The third-order valence-electron chi connectivity index (χ3n) is 4.19. The molecule has 6 nitrogen and oxygen atoms in total. The van der Waals surface area contributed by atoms with Crippen molar-refractivity contribution >= 4 is 17.5 Å². The number of hydrogen-bond donors (Lipinski definition) is 1. The van der Waals surface area contributed by atoms with Crippen molar-refractivity contribution in [2.45, 2.75) is 51.4 Å². The second-order valence-electron chi connectivity index (χ2n) is 6.24. The van der Waals surface area contributed by atoms with Crippen molar-refractivity contribution in [1.82, 2.24) is 24.9 Å². The van der Waals surface area contributed by atoms with Gasteiger partial charge in [0.2, 0.25) is 0 Å². The van der Waals surface area contributed by atoms with E-state index >= 15 is 0 Å². The molecule has 142 valence electrons. The van der Waals surface area contributed by atoms with E-state index in [9.17, 15) is 18.0 Å². The predicted octanol–water partition coefficient (Wildman–Crippen LogP) is 3.47. The first-order chi connectivity index (χ1) is 12.3. The Bertz CT molecular complexity index is 794. The lowest BCUT2D eigenvalue weighted by molar-refractivity contribution is -0.141. The van der Waals surface area contributed by atoms with E-state index in [-0.39, 0.29) is 16.6 Å². The van der Waals surface area contributed by atoms with Crippen LogP contribution in [0.3, 0.4) is 0 Å². The summed E-state index contributed by atoms with van der Waals surface area (Å²) in [5, 5.41) is 10.7. The van der Waals surface area contributed by atoms with Crippen LogP contribution in [0.4, 0.5) is 13.2 Å². The van der Waals surface area contributed by atoms with Gasteiger partial charge in [-0.1, -0.05) is 11.6 Å². The maximum Gasteiger partial charge on any atom is 0.435 e. The molecule has 2 heterocycles. The molecule has 26 heavy (non-hydrogen) atoms. The number of rotatable bonds is 7. The number of aryl methyl sites for hydroxylation is 2. The molecular weight excluding hydrogens is 371 g/mol. The molecule has 0 saturated heterocycles. The van der Waals surface area contributed by atoms with E-state index in [2.05, 4.69) is 15.5 Å². The average Bonchev–Trinajstić information content (AvgIpc) is 3.21. The van der Waals surface area contributed by atoms with Gasteiger partial charge in [0.1, 0.15) is 0 Å². The average molecular weight is 390 g/mol. The zero-order chi connectivity index (χ0) is 18.9. The lowest BCUT2D eigenvalue weighted by atomic mass is 10.2. The summed E-state index contributed by atoms with van der Waals surface area (Å²) in [4.78, 5) is 12.1. The Hall–Kier alpha value is -2.03. The van der Waals surface area contributed by atoms with Crippen LogP contribution in [0.15, 0.2) is 12.3 Å². The molecule has 0 bridgehead atoms. The maximum atomic E-state index is 12.9. The molecule has 0 atom stereocenters. The first-order valence-corrected chi connectivity index (χ1v) is 8.83. The zero-order valence-corrected chi connectivity index (χ0v) is 14.9. The highest BCUT2D eigenvalue weighted by Gasteiger charge is 2.37. The second kappa shape index (κ2) is 7.30. The Morgan fingerprint density at radius 3 is 2.69 bits per heavy atom. The number of hydrogen-bond acceptors (Lipinski definition) is 3. The second-order valence-corrected chi connectivity index (χ2v) is 6.65. The molecule has 2 aromatic heterocycles. The highest BCUT2D eigenvalue weighted by Crippen LogP contribution is 2.42. The van der Waals surface area contributed by atoms with E-state index in [1.807, 2.05) is 6.92 Å². The molecule has 1 amide bonds. The third kappa shape index (κ3) is 4.20. The van der Waals surface area contributed by atoms with Gasteiger partial charge in [0.15, 0.2) is 11.4 Å².